The fourth-order valence-corrected chi connectivity index (χ4v) is 16.2. The van der Waals surface area contributed by atoms with Gasteiger partial charge in [-0.15, -0.1) is 0 Å². The standard InChI is InChI=1S/C21H38N2O6Si2/c1-13(2)30(14(3)4)26-12-18-17(28-31(29-30,15(5)6)16(7)8)11-20(27-18)23-10-9-19(24)22-21(23)25/h9-10,13-18,20H,11-12H2,1-8H3,(H,22,24,25)/t17-,18+,20-/m0/s1. The highest BCUT2D eigenvalue weighted by Crippen LogP contribution is 2.48. The van der Waals surface area contributed by atoms with Crippen LogP contribution >= 0.6 is 0 Å². The summed E-state index contributed by atoms with van der Waals surface area (Å²) in [6.07, 6.45) is 0.962. The van der Waals surface area contributed by atoms with Crippen LogP contribution in [0.2, 0.25) is 22.2 Å². The number of nitrogens with zero attached hydrogens (tertiary/aromatic N) is 1. The van der Waals surface area contributed by atoms with Crippen LogP contribution in [0.25, 0.3) is 0 Å². The Morgan fingerprint density at radius 1 is 0.935 bits per heavy atom. The predicted octanol–water partition coefficient (Wildman–Crippen LogP) is 3.78. The van der Waals surface area contributed by atoms with Gasteiger partial charge in [-0.3, -0.25) is 14.3 Å². The van der Waals surface area contributed by atoms with Gasteiger partial charge >= 0.3 is 22.8 Å². The fraction of sp³-hybridized carbons (Fsp3) is 0.810. The van der Waals surface area contributed by atoms with Gasteiger partial charge in [-0.1, -0.05) is 55.4 Å². The van der Waals surface area contributed by atoms with Crippen LogP contribution < -0.4 is 11.2 Å². The second kappa shape index (κ2) is 9.07. The number of nitrogens with one attached hydrogen (secondary N) is 1. The average molecular weight is 471 g/mol. The molecule has 2 saturated heterocycles. The molecular weight excluding hydrogens is 432 g/mol. The molecule has 0 unspecified atom stereocenters. The number of H-pyrrole nitrogens is 1. The molecule has 0 aromatic carbocycles. The van der Waals surface area contributed by atoms with Crippen LogP contribution in [-0.2, 0) is 17.7 Å². The van der Waals surface area contributed by atoms with Crippen LogP contribution in [0.5, 0.6) is 0 Å². The first-order valence-electron chi connectivity index (χ1n) is 11.4. The molecule has 8 nitrogen and oxygen atoms in total. The third-order valence-electron chi connectivity index (χ3n) is 6.69. The maximum absolute atomic E-state index is 12.3. The maximum atomic E-state index is 12.3. The fourth-order valence-electron chi connectivity index (χ4n) is 4.96. The lowest BCUT2D eigenvalue weighted by atomic mass is 10.2. The van der Waals surface area contributed by atoms with Gasteiger partial charge in [0.1, 0.15) is 12.3 Å². The minimum atomic E-state index is -2.71. The molecule has 0 aliphatic carbocycles. The summed E-state index contributed by atoms with van der Waals surface area (Å²) in [6, 6.07) is 1.34. The van der Waals surface area contributed by atoms with E-state index in [1.807, 2.05) is 0 Å². The molecule has 0 radical (unpaired) electrons. The minimum absolute atomic E-state index is 0.230. The smallest absolute Gasteiger partial charge is 0.335 e. The zero-order valence-electron chi connectivity index (χ0n) is 20.0. The monoisotopic (exact) mass is 470 g/mol. The number of aromatic nitrogens is 2. The van der Waals surface area contributed by atoms with E-state index < -0.39 is 34.6 Å². The highest BCUT2D eigenvalue weighted by Gasteiger charge is 2.60. The van der Waals surface area contributed by atoms with E-state index in [0.29, 0.717) is 13.0 Å². The first kappa shape index (κ1) is 24.6. The number of aromatic amines is 1. The Morgan fingerprint density at radius 3 is 2.03 bits per heavy atom. The lowest BCUT2D eigenvalue weighted by Gasteiger charge is -2.51. The predicted molar refractivity (Wildman–Crippen MR) is 124 cm³/mol. The van der Waals surface area contributed by atoms with E-state index >= 15 is 0 Å². The Morgan fingerprint density at radius 2 is 1.52 bits per heavy atom. The molecule has 1 N–H and O–H groups in total. The molecule has 3 heterocycles. The van der Waals surface area contributed by atoms with E-state index in [2.05, 4.69) is 60.4 Å². The van der Waals surface area contributed by atoms with Crippen molar-refractivity contribution in [2.75, 3.05) is 6.61 Å². The van der Waals surface area contributed by atoms with E-state index in [0.717, 1.165) is 0 Å². The van der Waals surface area contributed by atoms with Gasteiger partial charge in [-0.05, 0) is 22.2 Å². The van der Waals surface area contributed by atoms with Crippen molar-refractivity contribution in [2.45, 2.75) is 102 Å². The van der Waals surface area contributed by atoms with E-state index in [1.165, 1.54) is 16.8 Å². The third-order valence-corrected chi connectivity index (χ3v) is 17.0. The first-order chi connectivity index (χ1) is 14.4. The molecule has 0 saturated carbocycles. The van der Waals surface area contributed by atoms with Crippen molar-refractivity contribution in [1.82, 2.24) is 9.55 Å². The molecule has 1 aromatic heterocycles. The molecule has 0 bridgehead atoms. The van der Waals surface area contributed by atoms with E-state index in [-0.39, 0.29) is 34.4 Å². The van der Waals surface area contributed by atoms with E-state index in [1.54, 1.807) is 0 Å². The van der Waals surface area contributed by atoms with Gasteiger partial charge in [-0.2, -0.15) is 0 Å². The van der Waals surface area contributed by atoms with Crippen molar-refractivity contribution in [3.63, 3.8) is 0 Å². The summed E-state index contributed by atoms with van der Waals surface area (Å²) < 4.78 is 28.5. The van der Waals surface area contributed by atoms with Crippen LogP contribution in [0.3, 0.4) is 0 Å². The molecule has 3 rings (SSSR count). The summed E-state index contributed by atoms with van der Waals surface area (Å²) in [5.41, 5.74) is 0.0810. The molecule has 2 aliphatic heterocycles. The molecule has 0 spiro atoms. The Labute approximate surface area is 186 Å². The summed E-state index contributed by atoms with van der Waals surface area (Å²) in [6.45, 7) is 17.8. The van der Waals surface area contributed by atoms with Gasteiger partial charge in [0.05, 0.1) is 12.7 Å². The Bertz CT molecular complexity index is 865. The highest BCUT2D eigenvalue weighted by molar-refractivity contribution is 6.83. The van der Waals surface area contributed by atoms with Gasteiger partial charge in [0, 0.05) is 18.7 Å². The van der Waals surface area contributed by atoms with Crippen LogP contribution in [-0.4, -0.2) is 45.5 Å². The Balaban J connectivity index is 2.02. The van der Waals surface area contributed by atoms with Crippen LogP contribution in [0, 0.1) is 0 Å². The Kier molecular flexibility index (Phi) is 7.19. The number of ether oxygens (including phenoxy) is 1. The molecule has 31 heavy (non-hydrogen) atoms. The lowest BCUT2D eigenvalue weighted by Crippen LogP contribution is -2.65. The molecule has 1 aromatic rings. The van der Waals surface area contributed by atoms with Crippen molar-refractivity contribution < 1.29 is 17.7 Å². The molecule has 3 atom stereocenters. The zero-order chi connectivity index (χ0) is 23.1. The van der Waals surface area contributed by atoms with Gasteiger partial charge in [0.2, 0.25) is 0 Å². The zero-order valence-corrected chi connectivity index (χ0v) is 22.0. The molecule has 0 amide bonds. The van der Waals surface area contributed by atoms with Crippen molar-refractivity contribution >= 4 is 17.1 Å². The van der Waals surface area contributed by atoms with Gasteiger partial charge in [-0.25, -0.2) is 4.79 Å². The first-order valence-corrected chi connectivity index (χ1v) is 15.4. The number of hydrogen-bond acceptors (Lipinski definition) is 6. The molecule has 2 fully saturated rings. The Hall–Kier alpha value is -1.05. The van der Waals surface area contributed by atoms with Gasteiger partial charge in [0.15, 0.2) is 0 Å². The normalized spacial score (nSPS) is 28.2. The minimum Gasteiger partial charge on any atom is -0.414 e. The number of rotatable bonds is 5. The number of hydrogen-bond donors (Lipinski definition) is 1. The summed E-state index contributed by atoms with van der Waals surface area (Å²) in [4.78, 5) is 26.1. The van der Waals surface area contributed by atoms with Crippen molar-refractivity contribution in [1.29, 1.82) is 0 Å². The largest absolute Gasteiger partial charge is 0.414 e. The highest BCUT2D eigenvalue weighted by atomic mass is 28.5. The molecular formula is C21H38N2O6Si2. The summed E-state index contributed by atoms with van der Waals surface area (Å²) in [5, 5.41) is 0. The van der Waals surface area contributed by atoms with E-state index in [4.69, 9.17) is 17.7 Å². The van der Waals surface area contributed by atoms with Crippen molar-refractivity contribution in [3.05, 3.63) is 33.1 Å². The second-order valence-electron chi connectivity index (χ2n) is 10.0. The quantitative estimate of drug-likeness (QED) is 0.659. The van der Waals surface area contributed by atoms with Crippen molar-refractivity contribution in [3.8, 4) is 0 Å². The van der Waals surface area contributed by atoms with Crippen molar-refractivity contribution in [2.24, 2.45) is 0 Å². The third kappa shape index (κ3) is 4.42. The number of fused-ring (bicyclic) bond motifs is 1. The van der Waals surface area contributed by atoms with Crippen LogP contribution in [0.15, 0.2) is 21.9 Å². The molecule has 176 valence electrons. The van der Waals surface area contributed by atoms with Crippen LogP contribution in [0.4, 0.5) is 0 Å². The topological polar surface area (TPSA) is 91.8 Å². The summed E-state index contributed by atoms with van der Waals surface area (Å²) in [5.74, 6) is 0. The SMILES string of the molecule is CC(C)[Si]1(C(C)C)OC[C@H]2O[C@H](n3ccc(=O)[nH]c3=O)C[C@@H]2O[Si](C(C)C)(C(C)C)O1. The molecule has 2 aliphatic rings. The summed E-state index contributed by atoms with van der Waals surface area (Å²) >= 11 is 0. The average Bonchev–Trinajstić information content (AvgIpc) is 3.02. The maximum Gasteiger partial charge on any atom is 0.335 e. The van der Waals surface area contributed by atoms with Gasteiger partial charge in [0.25, 0.3) is 5.56 Å². The second-order valence-corrected chi connectivity index (χ2v) is 18.9. The van der Waals surface area contributed by atoms with E-state index in [9.17, 15) is 9.59 Å². The van der Waals surface area contributed by atoms with Crippen LogP contribution in [0.1, 0.15) is 68.0 Å². The molecule has 10 heteroatoms. The summed E-state index contributed by atoms with van der Waals surface area (Å²) in [7, 11) is -5.33. The van der Waals surface area contributed by atoms with Gasteiger partial charge < -0.3 is 17.7 Å². The lowest BCUT2D eigenvalue weighted by molar-refractivity contribution is -0.0566.